The van der Waals surface area contributed by atoms with Crippen molar-refractivity contribution in [2.45, 2.75) is 40.0 Å². The first-order valence-corrected chi connectivity index (χ1v) is 5.04. The maximum Gasteiger partial charge on any atom is 0.126 e. The summed E-state index contributed by atoms with van der Waals surface area (Å²) in [5.41, 5.74) is 1.36. The van der Waals surface area contributed by atoms with E-state index >= 15 is 0 Å². The molecule has 13 heavy (non-hydrogen) atoms. The SMILES string of the molecule is C/C=C\C/C(=C/C(C=O)CC)CC. The highest BCUT2D eigenvalue weighted by atomic mass is 16.1. The van der Waals surface area contributed by atoms with E-state index in [9.17, 15) is 4.79 Å². The summed E-state index contributed by atoms with van der Waals surface area (Å²) in [5.74, 6) is 0.111. The molecule has 0 radical (unpaired) electrons. The third kappa shape index (κ3) is 5.40. The van der Waals surface area contributed by atoms with Crippen LogP contribution in [-0.4, -0.2) is 6.29 Å². The van der Waals surface area contributed by atoms with Gasteiger partial charge in [0.2, 0.25) is 0 Å². The van der Waals surface area contributed by atoms with E-state index in [4.69, 9.17) is 0 Å². The van der Waals surface area contributed by atoms with Crippen LogP contribution in [0.25, 0.3) is 0 Å². The quantitative estimate of drug-likeness (QED) is 0.451. The van der Waals surface area contributed by atoms with E-state index < -0.39 is 0 Å². The zero-order valence-corrected chi connectivity index (χ0v) is 8.92. The number of hydrogen-bond acceptors (Lipinski definition) is 1. The molecular formula is C12H20O. The van der Waals surface area contributed by atoms with Crippen LogP contribution in [0.1, 0.15) is 40.0 Å². The number of allylic oxidation sites excluding steroid dienone is 4. The molecule has 1 unspecified atom stereocenters. The Morgan fingerprint density at radius 3 is 2.46 bits per heavy atom. The van der Waals surface area contributed by atoms with Gasteiger partial charge in [-0.3, -0.25) is 0 Å². The van der Waals surface area contributed by atoms with Crippen LogP contribution < -0.4 is 0 Å². The van der Waals surface area contributed by atoms with Gasteiger partial charge in [-0.25, -0.2) is 0 Å². The molecule has 0 fully saturated rings. The van der Waals surface area contributed by atoms with Crippen LogP contribution in [0, 0.1) is 5.92 Å². The molecule has 0 spiro atoms. The summed E-state index contributed by atoms with van der Waals surface area (Å²) >= 11 is 0. The molecule has 0 aromatic heterocycles. The number of hydrogen-bond donors (Lipinski definition) is 0. The molecule has 1 heteroatoms. The van der Waals surface area contributed by atoms with Gasteiger partial charge in [0.1, 0.15) is 6.29 Å². The zero-order valence-electron chi connectivity index (χ0n) is 8.92. The van der Waals surface area contributed by atoms with Gasteiger partial charge in [0.25, 0.3) is 0 Å². The summed E-state index contributed by atoms with van der Waals surface area (Å²) in [6.07, 6.45) is 10.2. The van der Waals surface area contributed by atoms with Gasteiger partial charge in [-0.15, -0.1) is 0 Å². The summed E-state index contributed by atoms with van der Waals surface area (Å²) in [6.45, 7) is 6.19. The topological polar surface area (TPSA) is 17.1 Å². The maximum atomic E-state index is 10.6. The maximum absolute atomic E-state index is 10.6. The molecule has 0 bridgehead atoms. The van der Waals surface area contributed by atoms with E-state index in [0.717, 1.165) is 25.5 Å². The second-order valence-corrected chi connectivity index (χ2v) is 3.16. The Balaban J connectivity index is 4.25. The average molecular weight is 180 g/mol. The first-order valence-electron chi connectivity index (χ1n) is 5.04. The van der Waals surface area contributed by atoms with E-state index in [1.807, 2.05) is 19.9 Å². The molecule has 0 amide bonds. The van der Waals surface area contributed by atoms with Crippen LogP contribution in [0.5, 0.6) is 0 Å². The highest BCUT2D eigenvalue weighted by Gasteiger charge is 2.00. The van der Waals surface area contributed by atoms with Crippen molar-refractivity contribution in [2.75, 3.05) is 0 Å². The van der Waals surface area contributed by atoms with Gasteiger partial charge >= 0.3 is 0 Å². The van der Waals surface area contributed by atoms with Crippen molar-refractivity contribution in [3.05, 3.63) is 23.8 Å². The molecule has 0 saturated heterocycles. The lowest BCUT2D eigenvalue weighted by Gasteiger charge is -2.04. The van der Waals surface area contributed by atoms with Crippen molar-refractivity contribution < 1.29 is 4.79 Å². The number of carbonyl (C=O) groups excluding carboxylic acids is 1. The van der Waals surface area contributed by atoms with Crippen LogP contribution in [-0.2, 0) is 4.79 Å². The molecule has 0 saturated carbocycles. The monoisotopic (exact) mass is 180 g/mol. The fourth-order valence-corrected chi connectivity index (χ4v) is 1.16. The molecule has 0 rings (SSSR count). The van der Waals surface area contributed by atoms with Crippen LogP contribution in [0.3, 0.4) is 0 Å². The summed E-state index contributed by atoms with van der Waals surface area (Å²) in [7, 11) is 0. The molecule has 74 valence electrons. The molecule has 0 N–H and O–H groups in total. The van der Waals surface area contributed by atoms with Crippen molar-refractivity contribution >= 4 is 6.29 Å². The third-order valence-corrected chi connectivity index (χ3v) is 2.17. The van der Waals surface area contributed by atoms with Gasteiger partial charge in [0.05, 0.1) is 0 Å². The van der Waals surface area contributed by atoms with Gasteiger partial charge in [-0.1, -0.05) is 37.6 Å². The molecule has 1 atom stereocenters. The Morgan fingerprint density at radius 1 is 1.38 bits per heavy atom. The fourth-order valence-electron chi connectivity index (χ4n) is 1.16. The number of aldehydes is 1. The number of carbonyl (C=O) groups is 1. The van der Waals surface area contributed by atoms with Crippen molar-refractivity contribution in [1.82, 2.24) is 0 Å². The molecule has 0 aliphatic carbocycles. The standard InChI is InChI=1S/C12H20O/c1-4-7-8-11(5-2)9-12(6-3)10-13/h4,7,9-10,12H,5-6,8H2,1-3H3/b7-4-,11-9+. The lowest BCUT2D eigenvalue weighted by atomic mass is 10.0. The molecule has 0 aromatic rings. The Labute approximate surface area is 81.5 Å². The minimum absolute atomic E-state index is 0.111. The van der Waals surface area contributed by atoms with Gasteiger partial charge in [0.15, 0.2) is 0 Å². The Morgan fingerprint density at radius 2 is 2.08 bits per heavy atom. The van der Waals surface area contributed by atoms with Gasteiger partial charge in [-0.2, -0.15) is 0 Å². The van der Waals surface area contributed by atoms with E-state index in [1.165, 1.54) is 5.57 Å². The van der Waals surface area contributed by atoms with Crippen molar-refractivity contribution in [1.29, 1.82) is 0 Å². The molecule has 0 aliphatic heterocycles. The normalized spacial score (nSPS) is 14.8. The minimum atomic E-state index is 0.111. The van der Waals surface area contributed by atoms with Crippen LogP contribution in [0.15, 0.2) is 23.8 Å². The second-order valence-electron chi connectivity index (χ2n) is 3.16. The van der Waals surface area contributed by atoms with Crippen molar-refractivity contribution in [3.63, 3.8) is 0 Å². The largest absolute Gasteiger partial charge is 0.303 e. The molecule has 0 heterocycles. The molecular weight excluding hydrogens is 160 g/mol. The second kappa shape index (κ2) is 7.78. The minimum Gasteiger partial charge on any atom is -0.303 e. The first-order chi connectivity index (χ1) is 6.28. The van der Waals surface area contributed by atoms with Gasteiger partial charge in [0, 0.05) is 5.92 Å². The van der Waals surface area contributed by atoms with Crippen molar-refractivity contribution in [3.8, 4) is 0 Å². The van der Waals surface area contributed by atoms with Gasteiger partial charge < -0.3 is 4.79 Å². The van der Waals surface area contributed by atoms with Crippen molar-refractivity contribution in [2.24, 2.45) is 5.92 Å². The molecule has 0 aliphatic rings. The van der Waals surface area contributed by atoms with Crippen LogP contribution in [0.2, 0.25) is 0 Å². The van der Waals surface area contributed by atoms with E-state index in [0.29, 0.717) is 0 Å². The highest BCUT2D eigenvalue weighted by Crippen LogP contribution is 2.12. The molecule has 1 nitrogen and oxygen atoms in total. The Kier molecular flexibility index (Phi) is 7.27. The highest BCUT2D eigenvalue weighted by molar-refractivity contribution is 5.56. The van der Waals surface area contributed by atoms with Crippen LogP contribution >= 0.6 is 0 Å². The van der Waals surface area contributed by atoms with Gasteiger partial charge in [-0.05, 0) is 26.2 Å². The average Bonchev–Trinajstić information content (AvgIpc) is 2.19. The first kappa shape index (κ1) is 12.2. The third-order valence-electron chi connectivity index (χ3n) is 2.17. The summed E-state index contributed by atoms with van der Waals surface area (Å²) in [5, 5.41) is 0. The fraction of sp³-hybridized carbons (Fsp3) is 0.583. The Bertz CT molecular complexity index is 189. The smallest absolute Gasteiger partial charge is 0.126 e. The van der Waals surface area contributed by atoms with E-state index in [1.54, 1.807) is 0 Å². The predicted octanol–water partition coefficient (Wildman–Crippen LogP) is 3.51. The van der Waals surface area contributed by atoms with E-state index in [-0.39, 0.29) is 5.92 Å². The summed E-state index contributed by atoms with van der Waals surface area (Å²) in [4.78, 5) is 10.6. The molecule has 0 aromatic carbocycles. The predicted molar refractivity (Wildman–Crippen MR) is 57.7 cm³/mol. The van der Waals surface area contributed by atoms with E-state index in [2.05, 4.69) is 19.1 Å². The zero-order chi connectivity index (χ0) is 10.1. The lowest BCUT2D eigenvalue weighted by Crippen LogP contribution is -1.97. The van der Waals surface area contributed by atoms with Crippen LogP contribution in [0.4, 0.5) is 0 Å². The number of rotatable bonds is 6. The Hall–Kier alpha value is -0.850. The lowest BCUT2D eigenvalue weighted by molar-refractivity contribution is -0.110. The summed E-state index contributed by atoms with van der Waals surface area (Å²) in [6, 6.07) is 0. The summed E-state index contributed by atoms with van der Waals surface area (Å²) < 4.78 is 0.